The van der Waals surface area contributed by atoms with Gasteiger partial charge in [0, 0.05) is 18.1 Å². The Hall–Kier alpha value is -2.20. The normalized spacial score (nSPS) is 11.9. The predicted octanol–water partition coefficient (Wildman–Crippen LogP) is 3.52. The van der Waals surface area contributed by atoms with Crippen molar-refractivity contribution in [3.63, 3.8) is 0 Å². The summed E-state index contributed by atoms with van der Waals surface area (Å²) in [5.41, 5.74) is -0.0473. The minimum Gasteiger partial charge on any atom is -0.354 e. The summed E-state index contributed by atoms with van der Waals surface area (Å²) in [5.74, 6) is 0.799. The van der Waals surface area contributed by atoms with Crippen LogP contribution in [0.1, 0.15) is 11.1 Å². The van der Waals surface area contributed by atoms with Crippen molar-refractivity contribution in [2.45, 2.75) is 11.9 Å². The largest absolute Gasteiger partial charge is 0.416 e. The Morgan fingerprint density at radius 1 is 1.10 bits per heavy atom. The van der Waals surface area contributed by atoms with Crippen LogP contribution >= 0.6 is 11.8 Å². The van der Waals surface area contributed by atoms with Gasteiger partial charge in [-0.25, -0.2) is 8.42 Å². The van der Waals surface area contributed by atoms with E-state index in [1.165, 1.54) is 6.07 Å². The number of amides is 1. The molecule has 0 atom stereocenters. The van der Waals surface area contributed by atoms with Gasteiger partial charge in [-0.15, -0.1) is 0 Å². The van der Waals surface area contributed by atoms with Gasteiger partial charge in [0.1, 0.15) is 6.54 Å². The van der Waals surface area contributed by atoms with Crippen LogP contribution in [0.3, 0.4) is 0 Å². The summed E-state index contributed by atoms with van der Waals surface area (Å²) in [7, 11) is -3.95. The average molecular weight is 447 g/mol. The lowest BCUT2D eigenvalue weighted by molar-refractivity contribution is -0.137. The zero-order chi connectivity index (χ0) is 21.5. The molecule has 0 bridgehead atoms. The minimum absolute atomic E-state index is 0.212. The van der Waals surface area contributed by atoms with Crippen molar-refractivity contribution in [1.82, 2.24) is 5.32 Å². The number of carbonyl (C=O) groups excluding carboxylic acids is 1. The molecule has 0 aromatic heterocycles. The highest BCUT2D eigenvalue weighted by Crippen LogP contribution is 2.32. The third-order valence-electron chi connectivity index (χ3n) is 3.83. The molecule has 0 fully saturated rings. The fourth-order valence-electron chi connectivity index (χ4n) is 2.45. The zero-order valence-corrected chi connectivity index (χ0v) is 17.3. The van der Waals surface area contributed by atoms with Crippen LogP contribution in [-0.4, -0.2) is 39.4 Å². The first kappa shape index (κ1) is 23.1. The summed E-state index contributed by atoms with van der Waals surface area (Å²) in [6.07, 6.45) is -3.77. The molecule has 2 rings (SSSR count). The van der Waals surface area contributed by atoms with E-state index in [0.29, 0.717) is 22.7 Å². The van der Waals surface area contributed by atoms with Gasteiger partial charge >= 0.3 is 6.18 Å². The number of carbonyl (C=O) groups is 1. The summed E-state index contributed by atoms with van der Waals surface area (Å²) in [4.78, 5) is 12.1. The van der Waals surface area contributed by atoms with Gasteiger partial charge in [0.15, 0.2) is 0 Å². The minimum atomic E-state index is -4.61. The average Bonchev–Trinajstić information content (AvgIpc) is 2.65. The zero-order valence-electron chi connectivity index (χ0n) is 15.6. The molecule has 5 nitrogen and oxygen atoms in total. The van der Waals surface area contributed by atoms with E-state index in [1.54, 1.807) is 11.8 Å². The molecular weight excluding hydrogens is 425 g/mol. The summed E-state index contributed by atoms with van der Waals surface area (Å²) in [5, 5.41) is 2.60. The van der Waals surface area contributed by atoms with E-state index in [4.69, 9.17) is 0 Å². The van der Waals surface area contributed by atoms with E-state index in [9.17, 15) is 26.4 Å². The summed E-state index contributed by atoms with van der Waals surface area (Å²) in [6.45, 7) is -0.278. The van der Waals surface area contributed by atoms with Crippen LogP contribution in [0.5, 0.6) is 0 Å². The molecule has 0 aliphatic carbocycles. The van der Waals surface area contributed by atoms with Gasteiger partial charge in [-0.3, -0.25) is 9.10 Å². The molecule has 158 valence electrons. The molecule has 1 N–H and O–H groups in total. The van der Waals surface area contributed by atoms with E-state index in [2.05, 4.69) is 5.32 Å². The maximum absolute atomic E-state index is 12.9. The first-order valence-electron chi connectivity index (χ1n) is 8.61. The molecular formula is C19H21F3N2O3S2. The number of thioether (sulfide) groups is 1. The first-order valence-corrected chi connectivity index (χ1v) is 11.6. The van der Waals surface area contributed by atoms with E-state index in [0.717, 1.165) is 29.7 Å². The SMILES string of the molecule is CS(=O)(=O)N(CC(=O)NCCSCc1ccccc1)c1cccc(C(F)(F)F)c1. The summed E-state index contributed by atoms with van der Waals surface area (Å²) in [6, 6.07) is 13.7. The number of rotatable bonds is 9. The van der Waals surface area contributed by atoms with E-state index in [1.807, 2.05) is 30.3 Å². The van der Waals surface area contributed by atoms with Crippen LogP contribution in [0.4, 0.5) is 18.9 Å². The molecule has 0 heterocycles. The van der Waals surface area contributed by atoms with Crippen molar-refractivity contribution in [1.29, 1.82) is 0 Å². The number of hydrogen-bond donors (Lipinski definition) is 1. The van der Waals surface area contributed by atoms with Crippen molar-refractivity contribution in [3.05, 3.63) is 65.7 Å². The molecule has 0 radical (unpaired) electrons. The highest BCUT2D eigenvalue weighted by atomic mass is 32.2. The molecule has 0 aliphatic heterocycles. The fourth-order valence-corrected chi connectivity index (χ4v) is 4.12. The third kappa shape index (κ3) is 7.62. The number of sulfonamides is 1. The van der Waals surface area contributed by atoms with E-state index >= 15 is 0 Å². The maximum atomic E-state index is 12.9. The van der Waals surface area contributed by atoms with Crippen LogP contribution in [0, 0.1) is 0 Å². The predicted molar refractivity (Wildman–Crippen MR) is 109 cm³/mol. The van der Waals surface area contributed by atoms with Gasteiger partial charge in [0.25, 0.3) is 0 Å². The number of benzene rings is 2. The van der Waals surface area contributed by atoms with Crippen LogP contribution in [0.25, 0.3) is 0 Å². The Kier molecular flexibility index (Phi) is 7.97. The lowest BCUT2D eigenvalue weighted by Gasteiger charge is -2.22. The molecule has 29 heavy (non-hydrogen) atoms. The molecule has 2 aromatic rings. The van der Waals surface area contributed by atoms with Crippen molar-refractivity contribution in [3.8, 4) is 0 Å². The van der Waals surface area contributed by atoms with Crippen molar-refractivity contribution >= 4 is 33.4 Å². The monoisotopic (exact) mass is 446 g/mol. The molecule has 0 saturated carbocycles. The molecule has 1 amide bonds. The van der Waals surface area contributed by atoms with Crippen molar-refractivity contribution in [2.75, 3.05) is 29.4 Å². The van der Waals surface area contributed by atoms with Gasteiger partial charge in [0.05, 0.1) is 17.5 Å². The van der Waals surface area contributed by atoms with Crippen molar-refractivity contribution < 1.29 is 26.4 Å². The number of hydrogen-bond acceptors (Lipinski definition) is 4. The molecule has 0 spiro atoms. The molecule has 0 saturated heterocycles. The first-order chi connectivity index (χ1) is 13.6. The number of nitrogens with zero attached hydrogens (tertiary/aromatic N) is 1. The fraction of sp³-hybridized carbons (Fsp3) is 0.316. The van der Waals surface area contributed by atoms with Gasteiger partial charge in [-0.2, -0.15) is 24.9 Å². The van der Waals surface area contributed by atoms with Gasteiger partial charge < -0.3 is 5.32 Å². The quantitative estimate of drug-likeness (QED) is 0.599. The highest BCUT2D eigenvalue weighted by Gasteiger charge is 2.31. The van der Waals surface area contributed by atoms with E-state index in [-0.39, 0.29) is 5.69 Å². The lowest BCUT2D eigenvalue weighted by atomic mass is 10.2. The summed E-state index contributed by atoms with van der Waals surface area (Å²) >= 11 is 1.60. The number of alkyl halides is 3. The second-order valence-electron chi connectivity index (χ2n) is 6.21. The standard InChI is InChI=1S/C19H21F3N2O3S2/c1-29(26,27)24(17-9-5-8-16(12-17)19(20,21)22)13-18(25)23-10-11-28-14-15-6-3-2-4-7-15/h2-9,12H,10-11,13-14H2,1H3,(H,23,25). The Bertz CT molecular complexity index is 920. The Morgan fingerprint density at radius 2 is 1.79 bits per heavy atom. The van der Waals surface area contributed by atoms with E-state index < -0.39 is 34.2 Å². The highest BCUT2D eigenvalue weighted by molar-refractivity contribution is 7.98. The summed E-state index contributed by atoms with van der Waals surface area (Å²) < 4.78 is 63.4. The van der Waals surface area contributed by atoms with Crippen LogP contribution in [0.15, 0.2) is 54.6 Å². The Morgan fingerprint density at radius 3 is 2.41 bits per heavy atom. The van der Waals surface area contributed by atoms with Gasteiger partial charge in [-0.05, 0) is 23.8 Å². The second kappa shape index (κ2) is 10.0. The number of nitrogens with one attached hydrogen (secondary N) is 1. The topological polar surface area (TPSA) is 66.5 Å². The smallest absolute Gasteiger partial charge is 0.354 e. The molecule has 0 unspecified atom stereocenters. The van der Waals surface area contributed by atoms with Crippen molar-refractivity contribution in [2.24, 2.45) is 0 Å². The number of halogens is 3. The second-order valence-corrected chi connectivity index (χ2v) is 9.22. The van der Waals surface area contributed by atoms with Crippen LogP contribution in [0.2, 0.25) is 0 Å². The van der Waals surface area contributed by atoms with Gasteiger partial charge in [-0.1, -0.05) is 36.4 Å². The number of anilines is 1. The van der Waals surface area contributed by atoms with Crippen LogP contribution < -0.4 is 9.62 Å². The molecule has 0 aliphatic rings. The third-order valence-corrected chi connectivity index (χ3v) is 6.00. The Labute approximate surface area is 172 Å². The van der Waals surface area contributed by atoms with Gasteiger partial charge in [0.2, 0.25) is 15.9 Å². The maximum Gasteiger partial charge on any atom is 0.416 e. The lowest BCUT2D eigenvalue weighted by Crippen LogP contribution is -2.41. The molecule has 2 aromatic carbocycles. The Balaban J connectivity index is 1.92. The van der Waals surface area contributed by atoms with Crippen LogP contribution in [-0.2, 0) is 26.7 Å². The molecule has 10 heteroatoms.